The Labute approximate surface area is 174 Å². The van der Waals surface area contributed by atoms with Gasteiger partial charge in [0.05, 0.1) is 6.42 Å². The van der Waals surface area contributed by atoms with Gasteiger partial charge in [0.15, 0.2) is 0 Å². The second kappa shape index (κ2) is 12.7. The van der Waals surface area contributed by atoms with Crippen molar-refractivity contribution < 1.29 is 28.7 Å². The summed E-state index contributed by atoms with van der Waals surface area (Å²) in [6, 6.07) is 17.2. The topological polar surface area (TPSA) is 111 Å². The predicted octanol–water partition coefficient (Wildman–Crippen LogP) is 2.12. The van der Waals surface area contributed by atoms with Gasteiger partial charge in [-0.05, 0) is 11.1 Å². The molecule has 2 rings (SSSR count). The molecule has 1 atom stereocenters. The molecule has 0 heterocycles. The fourth-order valence-corrected chi connectivity index (χ4v) is 2.46. The van der Waals surface area contributed by atoms with Crippen LogP contribution in [0.2, 0.25) is 0 Å². The minimum atomic E-state index is -1.09. The molecule has 0 spiro atoms. The quantitative estimate of drug-likeness (QED) is 0.432. The monoisotopic (exact) mass is 412 g/mol. The number of esters is 1. The first-order valence-electron chi connectivity index (χ1n) is 9.46. The molecule has 0 saturated heterocycles. The van der Waals surface area contributed by atoms with E-state index in [1.165, 1.54) is 0 Å². The van der Waals surface area contributed by atoms with Gasteiger partial charge in [0.25, 0.3) is 0 Å². The smallest absolute Gasteiger partial charge is 0.408 e. The Kier molecular flexibility index (Phi) is 9.58. The lowest BCUT2D eigenvalue weighted by molar-refractivity contribution is -0.144. The first-order valence-corrected chi connectivity index (χ1v) is 9.46. The average Bonchev–Trinajstić information content (AvgIpc) is 2.77. The standard InChI is InChI=1S/C22H24N2O6/c25-14-12-19(24-22(28)30-16-18-9-5-2-6-10-18)21(27)23-13-11-20(26)29-15-17-7-3-1-4-8-17/h1-10,14,19H,11-13,15-16H2,(H,23,27)(H,24,28). The molecule has 2 aromatic carbocycles. The van der Waals surface area contributed by atoms with Gasteiger partial charge in [-0.3, -0.25) is 9.59 Å². The molecule has 0 bridgehead atoms. The second-order valence-electron chi connectivity index (χ2n) is 6.35. The Bertz CT molecular complexity index is 826. The summed E-state index contributed by atoms with van der Waals surface area (Å²) in [6.07, 6.45) is -0.547. The van der Waals surface area contributed by atoms with E-state index in [-0.39, 0.29) is 32.6 Å². The third kappa shape index (κ3) is 8.55. The molecule has 8 heteroatoms. The molecule has 0 fully saturated rings. The van der Waals surface area contributed by atoms with Gasteiger partial charge in [0.1, 0.15) is 25.5 Å². The molecule has 0 saturated carbocycles. The summed E-state index contributed by atoms with van der Waals surface area (Å²) in [5.74, 6) is -1.06. The molecule has 2 amide bonds. The van der Waals surface area contributed by atoms with Gasteiger partial charge in [-0.2, -0.15) is 0 Å². The van der Waals surface area contributed by atoms with E-state index in [1.54, 1.807) is 12.1 Å². The number of aldehydes is 1. The predicted molar refractivity (Wildman–Crippen MR) is 108 cm³/mol. The molecule has 0 aromatic heterocycles. The molecule has 0 radical (unpaired) electrons. The van der Waals surface area contributed by atoms with Gasteiger partial charge in [-0.1, -0.05) is 60.7 Å². The zero-order valence-corrected chi connectivity index (χ0v) is 16.4. The Morgan fingerprint density at radius 2 is 1.43 bits per heavy atom. The van der Waals surface area contributed by atoms with Gasteiger partial charge >= 0.3 is 12.1 Å². The van der Waals surface area contributed by atoms with Crippen LogP contribution in [-0.4, -0.2) is 36.8 Å². The van der Waals surface area contributed by atoms with Crippen molar-refractivity contribution in [2.45, 2.75) is 32.1 Å². The molecule has 1 unspecified atom stereocenters. The van der Waals surface area contributed by atoms with E-state index in [4.69, 9.17) is 9.47 Å². The van der Waals surface area contributed by atoms with Gasteiger partial charge in [-0.15, -0.1) is 0 Å². The number of alkyl carbamates (subject to hydrolysis) is 1. The molecule has 30 heavy (non-hydrogen) atoms. The highest BCUT2D eigenvalue weighted by Crippen LogP contribution is 2.03. The Morgan fingerprint density at radius 1 is 0.867 bits per heavy atom. The lowest BCUT2D eigenvalue weighted by Gasteiger charge is -2.16. The van der Waals surface area contributed by atoms with Crippen LogP contribution in [0.1, 0.15) is 24.0 Å². The number of carbonyl (C=O) groups excluding carboxylic acids is 4. The molecule has 0 aliphatic heterocycles. The van der Waals surface area contributed by atoms with Gasteiger partial charge in [0.2, 0.25) is 5.91 Å². The fraction of sp³-hybridized carbons (Fsp3) is 0.273. The molecular formula is C22H24N2O6. The highest BCUT2D eigenvalue weighted by atomic mass is 16.5. The molecule has 158 valence electrons. The van der Waals surface area contributed by atoms with Crippen LogP contribution in [0.5, 0.6) is 0 Å². The Hall–Kier alpha value is -3.68. The van der Waals surface area contributed by atoms with E-state index < -0.39 is 24.0 Å². The van der Waals surface area contributed by atoms with Crippen LogP contribution in [0.25, 0.3) is 0 Å². The number of ether oxygens (including phenoxy) is 2. The van der Waals surface area contributed by atoms with Crippen LogP contribution in [0.4, 0.5) is 4.79 Å². The van der Waals surface area contributed by atoms with Crippen LogP contribution in [-0.2, 0) is 37.1 Å². The van der Waals surface area contributed by atoms with Crippen LogP contribution < -0.4 is 10.6 Å². The second-order valence-corrected chi connectivity index (χ2v) is 6.35. The van der Waals surface area contributed by atoms with E-state index in [9.17, 15) is 19.2 Å². The van der Waals surface area contributed by atoms with E-state index in [2.05, 4.69) is 10.6 Å². The highest BCUT2D eigenvalue weighted by molar-refractivity contribution is 5.87. The van der Waals surface area contributed by atoms with Crippen molar-refractivity contribution in [3.63, 3.8) is 0 Å². The lowest BCUT2D eigenvalue weighted by Crippen LogP contribution is -2.47. The van der Waals surface area contributed by atoms with Crippen LogP contribution >= 0.6 is 0 Å². The highest BCUT2D eigenvalue weighted by Gasteiger charge is 2.21. The van der Waals surface area contributed by atoms with Crippen molar-refractivity contribution >= 4 is 24.3 Å². The number of nitrogens with one attached hydrogen (secondary N) is 2. The van der Waals surface area contributed by atoms with E-state index in [1.807, 2.05) is 48.5 Å². The largest absolute Gasteiger partial charge is 0.461 e. The molecule has 2 aromatic rings. The number of carbonyl (C=O) groups is 4. The maximum Gasteiger partial charge on any atom is 0.408 e. The summed E-state index contributed by atoms with van der Waals surface area (Å²) in [6.45, 7) is 0.202. The number of benzene rings is 2. The maximum absolute atomic E-state index is 12.2. The third-order valence-electron chi connectivity index (χ3n) is 4.02. The summed E-state index contributed by atoms with van der Waals surface area (Å²) in [5.41, 5.74) is 1.65. The Balaban J connectivity index is 1.70. The molecular weight excluding hydrogens is 388 g/mol. The molecule has 2 N–H and O–H groups in total. The van der Waals surface area contributed by atoms with E-state index >= 15 is 0 Å². The average molecular weight is 412 g/mol. The first-order chi connectivity index (χ1) is 14.6. The minimum absolute atomic E-state index is 0.0164. The fourth-order valence-electron chi connectivity index (χ4n) is 2.46. The molecule has 0 aliphatic carbocycles. The lowest BCUT2D eigenvalue weighted by atomic mass is 10.2. The third-order valence-corrected chi connectivity index (χ3v) is 4.02. The summed E-state index contributed by atoms with van der Waals surface area (Å²) in [5, 5.41) is 4.86. The van der Waals surface area contributed by atoms with E-state index in [0.29, 0.717) is 6.29 Å². The van der Waals surface area contributed by atoms with Crippen molar-refractivity contribution in [1.29, 1.82) is 0 Å². The SMILES string of the molecule is O=CCC(NC(=O)OCc1ccccc1)C(=O)NCCC(=O)OCc1ccccc1. The summed E-state index contributed by atoms with van der Waals surface area (Å²) < 4.78 is 10.2. The van der Waals surface area contributed by atoms with Gasteiger partial charge in [-0.25, -0.2) is 4.79 Å². The van der Waals surface area contributed by atoms with Crippen molar-refractivity contribution in [2.75, 3.05) is 6.54 Å². The van der Waals surface area contributed by atoms with Crippen LogP contribution in [0.15, 0.2) is 60.7 Å². The summed E-state index contributed by atoms with van der Waals surface area (Å²) in [7, 11) is 0. The molecule has 8 nitrogen and oxygen atoms in total. The maximum atomic E-state index is 12.2. The Morgan fingerprint density at radius 3 is 2.00 bits per heavy atom. The summed E-state index contributed by atoms with van der Waals surface area (Å²) >= 11 is 0. The van der Waals surface area contributed by atoms with Crippen molar-refractivity contribution in [2.24, 2.45) is 0 Å². The summed E-state index contributed by atoms with van der Waals surface area (Å²) in [4.78, 5) is 46.7. The normalized spacial score (nSPS) is 11.1. The van der Waals surface area contributed by atoms with Crippen molar-refractivity contribution in [1.82, 2.24) is 10.6 Å². The number of rotatable bonds is 11. The van der Waals surface area contributed by atoms with Crippen molar-refractivity contribution in [3.8, 4) is 0 Å². The van der Waals surface area contributed by atoms with E-state index in [0.717, 1.165) is 11.1 Å². The first kappa shape index (κ1) is 22.6. The van der Waals surface area contributed by atoms with Crippen LogP contribution in [0.3, 0.4) is 0 Å². The van der Waals surface area contributed by atoms with Gasteiger partial charge < -0.3 is 24.9 Å². The van der Waals surface area contributed by atoms with Gasteiger partial charge in [0, 0.05) is 13.0 Å². The number of amides is 2. The minimum Gasteiger partial charge on any atom is -0.461 e. The van der Waals surface area contributed by atoms with Crippen LogP contribution in [0, 0.1) is 0 Å². The van der Waals surface area contributed by atoms with Crippen molar-refractivity contribution in [3.05, 3.63) is 71.8 Å². The number of hydrogen-bond donors (Lipinski definition) is 2. The zero-order chi connectivity index (χ0) is 21.6. The zero-order valence-electron chi connectivity index (χ0n) is 16.4. The molecule has 0 aliphatic rings. The number of hydrogen-bond acceptors (Lipinski definition) is 6.